The van der Waals surface area contributed by atoms with Crippen molar-refractivity contribution in [3.63, 3.8) is 0 Å². The molecule has 1 aliphatic heterocycles. The van der Waals surface area contributed by atoms with Crippen LogP contribution in [0.5, 0.6) is 0 Å². The normalized spacial score (nSPS) is 19.3. The molecule has 0 unspecified atom stereocenters. The summed E-state index contributed by atoms with van der Waals surface area (Å²) in [4.78, 5) is 18.6. The van der Waals surface area contributed by atoms with E-state index in [0.29, 0.717) is 6.54 Å². The monoisotopic (exact) mass is 319 g/mol. The highest BCUT2D eigenvalue weighted by Crippen LogP contribution is 2.28. The highest BCUT2D eigenvalue weighted by molar-refractivity contribution is 7.18. The Morgan fingerprint density at radius 2 is 2.36 bits per heavy atom. The van der Waals surface area contributed by atoms with E-state index >= 15 is 0 Å². The van der Waals surface area contributed by atoms with Gasteiger partial charge in [0.1, 0.15) is 5.01 Å². The Kier molecular flexibility index (Phi) is 4.59. The number of para-hydroxylation sites is 1. The van der Waals surface area contributed by atoms with Crippen molar-refractivity contribution in [1.82, 2.24) is 15.2 Å². The molecule has 5 nitrogen and oxygen atoms in total. The van der Waals surface area contributed by atoms with Crippen LogP contribution in [0.4, 0.5) is 4.79 Å². The fourth-order valence-electron chi connectivity index (χ4n) is 2.54. The van der Waals surface area contributed by atoms with E-state index in [4.69, 9.17) is 4.74 Å². The smallest absolute Gasteiger partial charge is 0.317 e. The Labute approximate surface area is 134 Å². The lowest BCUT2D eigenvalue weighted by atomic mass is 10.2. The first-order valence-corrected chi connectivity index (χ1v) is 8.44. The third kappa shape index (κ3) is 3.23. The van der Waals surface area contributed by atoms with Gasteiger partial charge in [0.15, 0.2) is 0 Å². The minimum atomic E-state index is -0.0812. The summed E-state index contributed by atoms with van der Waals surface area (Å²) in [7, 11) is 1.81. The topological polar surface area (TPSA) is 54.5 Å². The van der Waals surface area contributed by atoms with E-state index in [-0.39, 0.29) is 18.2 Å². The molecule has 1 fully saturated rings. The predicted molar refractivity (Wildman–Crippen MR) is 88.2 cm³/mol. The number of carbonyl (C=O) groups excluding carboxylic acids is 1. The van der Waals surface area contributed by atoms with E-state index in [1.807, 2.05) is 32.2 Å². The van der Waals surface area contributed by atoms with Crippen LogP contribution in [0.15, 0.2) is 24.3 Å². The molecule has 6 heteroatoms. The van der Waals surface area contributed by atoms with E-state index < -0.39 is 0 Å². The maximum Gasteiger partial charge on any atom is 0.317 e. The number of hydrogen-bond acceptors (Lipinski definition) is 4. The van der Waals surface area contributed by atoms with Crippen LogP contribution >= 0.6 is 11.3 Å². The van der Waals surface area contributed by atoms with E-state index in [0.717, 1.165) is 34.7 Å². The van der Waals surface area contributed by atoms with Crippen molar-refractivity contribution in [2.24, 2.45) is 0 Å². The summed E-state index contributed by atoms with van der Waals surface area (Å²) in [6, 6.07) is 7.91. The van der Waals surface area contributed by atoms with Gasteiger partial charge in [0.05, 0.1) is 22.4 Å². The minimum absolute atomic E-state index is 0.0538. The molecule has 1 N–H and O–H groups in total. The summed E-state index contributed by atoms with van der Waals surface area (Å²) < 4.78 is 6.68. The highest BCUT2D eigenvalue weighted by atomic mass is 32.1. The standard InChI is InChI=1S/C16H21N3O2S/c1-11(15-18-13-7-3-4-8-14(13)22-15)19(2)16(20)17-10-12-6-5-9-21-12/h3-4,7-8,11-12H,5-6,9-10H2,1-2H3,(H,17,20)/t11-,12-/m0/s1. The average molecular weight is 319 g/mol. The van der Waals surface area contributed by atoms with Crippen molar-refractivity contribution >= 4 is 27.6 Å². The van der Waals surface area contributed by atoms with Crippen LogP contribution in [0.3, 0.4) is 0 Å². The van der Waals surface area contributed by atoms with Crippen molar-refractivity contribution in [3.05, 3.63) is 29.3 Å². The molecular weight excluding hydrogens is 298 g/mol. The van der Waals surface area contributed by atoms with Gasteiger partial charge in [-0.25, -0.2) is 9.78 Å². The summed E-state index contributed by atoms with van der Waals surface area (Å²) in [6.07, 6.45) is 2.27. The van der Waals surface area contributed by atoms with Crippen molar-refractivity contribution in [1.29, 1.82) is 0 Å². The quantitative estimate of drug-likeness (QED) is 0.941. The van der Waals surface area contributed by atoms with Crippen LogP contribution in [0.1, 0.15) is 30.8 Å². The lowest BCUT2D eigenvalue weighted by Crippen LogP contribution is -2.41. The molecule has 0 spiro atoms. The number of carbonyl (C=O) groups is 1. The molecular formula is C16H21N3O2S. The molecule has 22 heavy (non-hydrogen) atoms. The second-order valence-corrected chi connectivity index (χ2v) is 6.69. The van der Waals surface area contributed by atoms with Gasteiger partial charge in [0, 0.05) is 20.2 Å². The molecule has 1 aromatic heterocycles. The third-order valence-corrected chi connectivity index (χ3v) is 5.28. The Balaban J connectivity index is 1.62. The number of urea groups is 1. The van der Waals surface area contributed by atoms with Gasteiger partial charge >= 0.3 is 6.03 Å². The van der Waals surface area contributed by atoms with Gasteiger partial charge in [0.2, 0.25) is 0 Å². The van der Waals surface area contributed by atoms with Crippen LogP contribution in [0.2, 0.25) is 0 Å². The van der Waals surface area contributed by atoms with Crippen LogP contribution in [0.25, 0.3) is 10.2 Å². The fraction of sp³-hybridized carbons (Fsp3) is 0.500. The summed E-state index contributed by atoms with van der Waals surface area (Å²) in [6.45, 7) is 3.39. The number of nitrogens with one attached hydrogen (secondary N) is 1. The molecule has 2 amide bonds. The van der Waals surface area contributed by atoms with Crippen LogP contribution in [-0.2, 0) is 4.74 Å². The summed E-state index contributed by atoms with van der Waals surface area (Å²) in [5.74, 6) is 0. The minimum Gasteiger partial charge on any atom is -0.376 e. The first kappa shape index (κ1) is 15.2. The molecule has 2 aromatic rings. The zero-order valence-electron chi connectivity index (χ0n) is 12.9. The average Bonchev–Trinajstić information content (AvgIpc) is 3.19. The number of fused-ring (bicyclic) bond motifs is 1. The number of ether oxygens (including phenoxy) is 1. The number of thiazole rings is 1. The van der Waals surface area contributed by atoms with Gasteiger partial charge in [-0.2, -0.15) is 0 Å². The number of nitrogens with zero attached hydrogens (tertiary/aromatic N) is 2. The zero-order valence-corrected chi connectivity index (χ0v) is 13.7. The number of amides is 2. The van der Waals surface area contributed by atoms with Crippen LogP contribution in [-0.4, -0.2) is 42.2 Å². The number of rotatable bonds is 4. The van der Waals surface area contributed by atoms with Gasteiger partial charge in [-0.1, -0.05) is 12.1 Å². The predicted octanol–water partition coefficient (Wildman–Crippen LogP) is 3.18. The molecule has 2 atom stereocenters. The number of benzene rings is 1. The Bertz CT molecular complexity index is 619. The molecule has 1 aromatic carbocycles. The molecule has 3 rings (SSSR count). The highest BCUT2D eigenvalue weighted by Gasteiger charge is 2.22. The van der Waals surface area contributed by atoms with Crippen LogP contribution in [0, 0.1) is 0 Å². The third-order valence-electron chi connectivity index (χ3n) is 4.07. The summed E-state index contributed by atoms with van der Waals surface area (Å²) in [5.41, 5.74) is 0.988. The molecule has 118 valence electrons. The van der Waals surface area contributed by atoms with Gasteiger partial charge in [0.25, 0.3) is 0 Å². The molecule has 0 saturated carbocycles. The molecule has 2 heterocycles. The lowest BCUT2D eigenvalue weighted by Gasteiger charge is -2.24. The molecule has 0 bridgehead atoms. The second-order valence-electron chi connectivity index (χ2n) is 5.63. The summed E-state index contributed by atoms with van der Waals surface area (Å²) >= 11 is 1.64. The van der Waals surface area contributed by atoms with Gasteiger partial charge in [-0.3, -0.25) is 0 Å². The van der Waals surface area contributed by atoms with Crippen LogP contribution < -0.4 is 5.32 Å². The van der Waals surface area contributed by atoms with Crippen molar-refractivity contribution in [3.8, 4) is 0 Å². The van der Waals surface area contributed by atoms with Gasteiger partial charge < -0.3 is 15.0 Å². The Morgan fingerprint density at radius 1 is 1.55 bits per heavy atom. The largest absolute Gasteiger partial charge is 0.376 e. The first-order chi connectivity index (χ1) is 10.6. The SMILES string of the molecule is C[C@@H](c1nc2ccccc2s1)N(C)C(=O)NC[C@@H]1CCCO1. The first-order valence-electron chi connectivity index (χ1n) is 7.63. The maximum absolute atomic E-state index is 12.3. The second kappa shape index (κ2) is 6.62. The van der Waals surface area contributed by atoms with Gasteiger partial charge in [-0.15, -0.1) is 11.3 Å². The molecule has 0 aliphatic carbocycles. The van der Waals surface area contributed by atoms with E-state index in [2.05, 4.69) is 16.4 Å². The molecule has 1 saturated heterocycles. The van der Waals surface area contributed by atoms with Crippen molar-refractivity contribution in [2.45, 2.75) is 31.9 Å². The van der Waals surface area contributed by atoms with Crippen molar-refractivity contribution in [2.75, 3.05) is 20.2 Å². The molecule has 1 aliphatic rings. The van der Waals surface area contributed by atoms with Gasteiger partial charge in [-0.05, 0) is 31.9 Å². The Hall–Kier alpha value is -1.66. The zero-order chi connectivity index (χ0) is 15.5. The Morgan fingerprint density at radius 3 is 3.09 bits per heavy atom. The maximum atomic E-state index is 12.3. The lowest BCUT2D eigenvalue weighted by molar-refractivity contribution is 0.108. The van der Waals surface area contributed by atoms with E-state index in [9.17, 15) is 4.79 Å². The summed E-state index contributed by atoms with van der Waals surface area (Å²) in [5, 5.41) is 3.90. The fourth-order valence-corrected chi connectivity index (χ4v) is 3.60. The van der Waals surface area contributed by atoms with E-state index in [1.165, 1.54) is 0 Å². The van der Waals surface area contributed by atoms with E-state index in [1.54, 1.807) is 16.2 Å². The van der Waals surface area contributed by atoms with Crippen molar-refractivity contribution < 1.29 is 9.53 Å². The number of hydrogen-bond donors (Lipinski definition) is 1. The molecule has 0 radical (unpaired) electrons. The number of aromatic nitrogens is 1.